The molecule has 0 bridgehead atoms. The highest BCUT2D eigenvalue weighted by molar-refractivity contribution is 14.1. The number of benzene rings is 1. The van der Waals surface area contributed by atoms with Gasteiger partial charge in [0.25, 0.3) is 11.6 Å². The number of nitro groups is 1. The van der Waals surface area contributed by atoms with Crippen molar-refractivity contribution in [3.8, 4) is 0 Å². The van der Waals surface area contributed by atoms with Gasteiger partial charge in [-0.3, -0.25) is 14.9 Å². The number of nitrogens with zero attached hydrogens (tertiary/aromatic N) is 2. The first-order chi connectivity index (χ1) is 9.47. The molecule has 0 saturated heterocycles. The van der Waals surface area contributed by atoms with Crippen molar-refractivity contribution < 1.29 is 9.72 Å². The quantitative estimate of drug-likeness (QED) is 0.402. The zero-order chi connectivity index (χ0) is 14.7. The number of carbonyl (C=O) groups is 1. The van der Waals surface area contributed by atoms with Gasteiger partial charge in [-0.2, -0.15) is 0 Å². The summed E-state index contributed by atoms with van der Waals surface area (Å²) in [7, 11) is 0. The zero-order valence-corrected chi connectivity index (χ0v) is 14.2. The maximum Gasteiger partial charge on any atom is 0.270 e. The van der Waals surface area contributed by atoms with Crippen molar-refractivity contribution in [2.45, 2.75) is 0 Å². The molecule has 102 valence electrons. The van der Waals surface area contributed by atoms with E-state index in [4.69, 9.17) is 0 Å². The second-order valence-electron chi connectivity index (χ2n) is 3.74. The van der Waals surface area contributed by atoms with E-state index in [1.54, 1.807) is 12.3 Å². The number of carbonyl (C=O) groups excluding carboxylic acids is 1. The van der Waals surface area contributed by atoms with E-state index in [-0.39, 0.29) is 11.3 Å². The fourth-order valence-corrected chi connectivity index (χ4v) is 2.33. The summed E-state index contributed by atoms with van der Waals surface area (Å²) in [5, 5.41) is 13.4. The number of hydrogen-bond acceptors (Lipinski definition) is 4. The van der Waals surface area contributed by atoms with E-state index >= 15 is 0 Å². The van der Waals surface area contributed by atoms with E-state index in [9.17, 15) is 14.9 Å². The summed E-state index contributed by atoms with van der Waals surface area (Å²) in [6.07, 6.45) is 1.62. The summed E-state index contributed by atoms with van der Waals surface area (Å²) in [6.45, 7) is 0. The summed E-state index contributed by atoms with van der Waals surface area (Å²) < 4.78 is 1.58. The van der Waals surface area contributed by atoms with Crippen LogP contribution < -0.4 is 5.32 Å². The number of aromatic nitrogens is 1. The lowest BCUT2D eigenvalue weighted by Gasteiger charge is -2.06. The van der Waals surface area contributed by atoms with Crippen molar-refractivity contribution in [1.82, 2.24) is 4.98 Å². The summed E-state index contributed by atoms with van der Waals surface area (Å²) >= 11 is 4.07. The van der Waals surface area contributed by atoms with Gasteiger partial charge in [0.1, 0.15) is 5.82 Å². The number of non-ortho nitro benzene ring substituents is 1. The highest BCUT2D eigenvalue weighted by atomic mass is 127. The number of hydrogen-bond donors (Lipinski definition) is 1. The lowest BCUT2D eigenvalue weighted by Crippen LogP contribution is -2.14. The van der Waals surface area contributed by atoms with Crippen LogP contribution in [0.15, 0.2) is 36.5 Å². The minimum atomic E-state index is -0.532. The summed E-state index contributed by atoms with van der Waals surface area (Å²) in [4.78, 5) is 26.4. The summed E-state index contributed by atoms with van der Waals surface area (Å²) in [5.74, 6) is -0.0236. The van der Waals surface area contributed by atoms with Crippen molar-refractivity contribution in [3.63, 3.8) is 0 Å². The van der Waals surface area contributed by atoms with Crippen LogP contribution in [0.2, 0.25) is 0 Å². The summed E-state index contributed by atoms with van der Waals surface area (Å²) in [5.41, 5.74) is 0.131. The average Bonchev–Trinajstić information content (AvgIpc) is 2.41. The molecule has 1 aromatic heterocycles. The number of amides is 1. The molecular formula is C12H7I2N3O3. The minimum absolute atomic E-state index is 0.119. The highest BCUT2D eigenvalue weighted by Gasteiger charge is 2.15. The smallest absolute Gasteiger partial charge is 0.270 e. The van der Waals surface area contributed by atoms with E-state index in [0.29, 0.717) is 9.39 Å². The standard InChI is InChI=1S/C12H7I2N3O3/c13-7-1-4-11(15-6-7)16-12(18)9-5-8(17(19)20)2-3-10(9)14/h1-6H,(H,15,16,18). The SMILES string of the molecule is O=C(Nc1ccc(I)cn1)c1cc([N+](=O)[O-])ccc1I. The van der Waals surface area contributed by atoms with Gasteiger partial charge < -0.3 is 5.32 Å². The molecule has 2 aromatic rings. The Labute approximate surface area is 141 Å². The molecule has 1 N–H and O–H groups in total. The van der Waals surface area contributed by atoms with Gasteiger partial charge in [0.15, 0.2) is 0 Å². The molecule has 0 spiro atoms. The Bertz CT molecular complexity index is 674. The molecule has 2 rings (SSSR count). The molecule has 0 atom stereocenters. The highest BCUT2D eigenvalue weighted by Crippen LogP contribution is 2.20. The largest absolute Gasteiger partial charge is 0.307 e. The van der Waals surface area contributed by atoms with E-state index in [1.165, 1.54) is 18.2 Å². The first-order valence-electron chi connectivity index (χ1n) is 5.34. The third-order valence-electron chi connectivity index (χ3n) is 2.37. The molecule has 1 amide bonds. The maximum absolute atomic E-state index is 12.1. The number of pyridine rings is 1. The van der Waals surface area contributed by atoms with Crippen LogP contribution in [0, 0.1) is 17.3 Å². The predicted molar refractivity (Wildman–Crippen MR) is 90.7 cm³/mol. The first kappa shape index (κ1) is 15.1. The van der Waals surface area contributed by atoms with E-state index < -0.39 is 10.8 Å². The average molecular weight is 495 g/mol. The second-order valence-corrected chi connectivity index (χ2v) is 6.14. The fourth-order valence-electron chi connectivity index (χ4n) is 1.43. The fraction of sp³-hybridized carbons (Fsp3) is 0. The molecular weight excluding hydrogens is 488 g/mol. The molecule has 1 heterocycles. The molecule has 0 radical (unpaired) electrons. The zero-order valence-electron chi connectivity index (χ0n) is 9.84. The van der Waals surface area contributed by atoms with Crippen molar-refractivity contribution in [1.29, 1.82) is 0 Å². The monoisotopic (exact) mass is 495 g/mol. The van der Waals surface area contributed by atoms with Gasteiger partial charge in [-0.15, -0.1) is 0 Å². The number of nitrogens with one attached hydrogen (secondary N) is 1. The van der Waals surface area contributed by atoms with E-state index in [0.717, 1.165) is 3.57 Å². The van der Waals surface area contributed by atoms with Crippen LogP contribution >= 0.6 is 45.2 Å². The minimum Gasteiger partial charge on any atom is -0.307 e. The molecule has 0 fully saturated rings. The predicted octanol–water partition coefficient (Wildman–Crippen LogP) is 3.45. The second kappa shape index (κ2) is 6.43. The maximum atomic E-state index is 12.1. The van der Waals surface area contributed by atoms with Crippen LogP contribution in [-0.2, 0) is 0 Å². The van der Waals surface area contributed by atoms with Gasteiger partial charge in [-0.05, 0) is 63.4 Å². The molecule has 0 aliphatic heterocycles. The topological polar surface area (TPSA) is 85.1 Å². The lowest BCUT2D eigenvalue weighted by atomic mass is 10.2. The van der Waals surface area contributed by atoms with Crippen LogP contribution in [0.4, 0.5) is 11.5 Å². The van der Waals surface area contributed by atoms with Crippen LogP contribution in [0.25, 0.3) is 0 Å². The first-order valence-corrected chi connectivity index (χ1v) is 7.50. The number of halogens is 2. The van der Waals surface area contributed by atoms with Crippen LogP contribution in [0.3, 0.4) is 0 Å². The van der Waals surface area contributed by atoms with Gasteiger partial charge in [-0.1, -0.05) is 0 Å². The Morgan fingerprint density at radius 3 is 2.60 bits per heavy atom. The van der Waals surface area contributed by atoms with Crippen LogP contribution in [0.1, 0.15) is 10.4 Å². The number of nitro benzene ring substituents is 1. The van der Waals surface area contributed by atoms with Gasteiger partial charge in [-0.25, -0.2) is 4.98 Å². The van der Waals surface area contributed by atoms with Crippen molar-refractivity contribution in [2.75, 3.05) is 5.32 Å². The number of rotatable bonds is 3. The van der Waals surface area contributed by atoms with Crippen molar-refractivity contribution in [3.05, 3.63) is 59.3 Å². The molecule has 20 heavy (non-hydrogen) atoms. The normalized spacial score (nSPS) is 10.1. The van der Waals surface area contributed by atoms with Crippen molar-refractivity contribution >= 4 is 62.6 Å². The van der Waals surface area contributed by atoms with Crippen LogP contribution in [-0.4, -0.2) is 15.8 Å². The van der Waals surface area contributed by atoms with Crippen LogP contribution in [0.5, 0.6) is 0 Å². The molecule has 6 nitrogen and oxygen atoms in total. The lowest BCUT2D eigenvalue weighted by molar-refractivity contribution is -0.384. The Kier molecular flexibility index (Phi) is 4.86. The molecule has 0 aliphatic carbocycles. The molecule has 8 heteroatoms. The Balaban J connectivity index is 2.26. The summed E-state index contributed by atoms with van der Waals surface area (Å²) in [6, 6.07) is 7.63. The molecule has 0 unspecified atom stereocenters. The molecule has 0 aliphatic rings. The molecule has 1 aromatic carbocycles. The Hall–Kier alpha value is -1.30. The van der Waals surface area contributed by atoms with Gasteiger partial charge >= 0.3 is 0 Å². The third-order valence-corrected chi connectivity index (χ3v) is 3.95. The molecule has 0 saturated carbocycles. The van der Waals surface area contributed by atoms with Gasteiger partial charge in [0.2, 0.25) is 0 Å². The number of anilines is 1. The van der Waals surface area contributed by atoms with E-state index in [1.807, 2.05) is 28.7 Å². The Morgan fingerprint density at radius 1 is 1.25 bits per heavy atom. The Morgan fingerprint density at radius 2 is 2.00 bits per heavy atom. The van der Waals surface area contributed by atoms with Crippen molar-refractivity contribution in [2.24, 2.45) is 0 Å². The van der Waals surface area contributed by atoms with E-state index in [2.05, 4.69) is 32.9 Å². The third kappa shape index (κ3) is 3.62. The van der Waals surface area contributed by atoms with Gasteiger partial charge in [0.05, 0.1) is 10.5 Å². The van der Waals surface area contributed by atoms with Gasteiger partial charge in [0, 0.05) is 25.5 Å².